The molecule has 0 saturated heterocycles. The largest absolute Gasteiger partial charge is 0.382 e. The predicted octanol–water partition coefficient (Wildman–Crippen LogP) is 1.13. The fraction of sp³-hybridized carbons (Fsp3) is 0.583. The summed E-state index contributed by atoms with van der Waals surface area (Å²) in [7, 11) is 1.63. The number of aromatic nitrogens is 1. The maximum Gasteiger partial charge on any atom is 0.276 e. The Hall–Kier alpha value is -1.97. The lowest BCUT2D eigenvalue weighted by Crippen LogP contribution is -2.11. The number of anilines is 2. The average molecular weight is 299 g/mol. The number of nitrogens with zero attached hydrogens (tertiary/aromatic N) is 2. The molecule has 0 aliphatic carbocycles. The summed E-state index contributed by atoms with van der Waals surface area (Å²) in [4.78, 5) is 14.4. The zero-order chi connectivity index (χ0) is 15.5. The summed E-state index contributed by atoms with van der Waals surface area (Å²) >= 11 is 0. The number of nitro groups is 1. The van der Waals surface area contributed by atoms with Crippen molar-refractivity contribution in [3.8, 4) is 0 Å². The molecule has 0 amide bonds. The number of hydrazine groups is 1. The molecule has 0 unspecified atom stereocenters. The molecule has 1 heterocycles. The fourth-order valence-corrected chi connectivity index (χ4v) is 1.58. The Labute approximate surface area is 122 Å². The Morgan fingerprint density at radius 1 is 1.29 bits per heavy atom. The molecule has 9 heteroatoms. The Morgan fingerprint density at radius 2 is 2.05 bits per heavy atom. The third-order valence-corrected chi connectivity index (χ3v) is 2.62. The van der Waals surface area contributed by atoms with Crippen molar-refractivity contribution in [2.24, 2.45) is 5.84 Å². The molecule has 0 radical (unpaired) electrons. The third-order valence-electron chi connectivity index (χ3n) is 2.62. The van der Waals surface area contributed by atoms with E-state index in [4.69, 9.17) is 15.3 Å². The summed E-state index contributed by atoms with van der Waals surface area (Å²) < 4.78 is 10.2. The summed E-state index contributed by atoms with van der Waals surface area (Å²) in [6.07, 6.45) is 1.75. The van der Waals surface area contributed by atoms with Crippen molar-refractivity contribution in [1.82, 2.24) is 4.98 Å². The number of unbranched alkanes of at least 4 members (excludes halogenated alkanes) is 1. The topological polar surface area (TPSA) is 125 Å². The van der Waals surface area contributed by atoms with Gasteiger partial charge in [-0.2, -0.15) is 0 Å². The molecule has 1 aromatic rings. The van der Waals surface area contributed by atoms with Crippen LogP contribution in [0.15, 0.2) is 12.1 Å². The van der Waals surface area contributed by atoms with E-state index in [1.165, 1.54) is 12.1 Å². The van der Waals surface area contributed by atoms with Gasteiger partial charge in [-0.25, -0.2) is 10.8 Å². The second kappa shape index (κ2) is 9.86. The van der Waals surface area contributed by atoms with Crippen molar-refractivity contribution in [2.45, 2.75) is 12.8 Å². The van der Waals surface area contributed by atoms with Crippen LogP contribution >= 0.6 is 0 Å². The molecular weight excluding hydrogens is 278 g/mol. The van der Waals surface area contributed by atoms with Crippen molar-refractivity contribution in [2.75, 3.05) is 44.2 Å². The Balaban J connectivity index is 2.31. The standard InChI is InChI=1S/C12H21N5O4/c1-20-6-7-21-5-3-2-4-14-11-8-10(17(18)19)9-12(15-11)16-13/h8-9H,2-7,13H2,1H3,(H2,14,15,16). The number of nitrogen functional groups attached to an aromatic ring is 1. The van der Waals surface area contributed by atoms with E-state index in [1.54, 1.807) is 7.11 Å². The molecule has 0 aliphatic heterocycles. The van der Waals surface area contributed by atoms with Crippen LogP contribution in [0.4, 0.5) is 17.3 Å². The lowest BCUT2D eigenvalue weighted by molar-refractivity contribution is -0.384. The summed E-state index contributed by atoms with van der Waals surface area (Å²) in [5.74, 6) is 5.89. The minimum atomic E-state index is -0.489. The van der Waals surface area contributed by atoms with E-state index in [0.717, 1.165) is 12.8 Å². The van der Waals surface area contributed by atoms with E-state index in [2.05, 4.69) is 15.7 Å². The van der Waals surface area contributed by atoms with Crippen LogP contribution in [0.5, 0.6) is 0 Å². The van der Waals surface area contributed by atoms with Gasteiger partial charge in [0.15, 0.2) is 0 Å². The maximum absolute atomic E-state index is 10.8. The van der Waals surface area contributed by atoms with Gasteiger partial charge in [0, 0.05) is 20.3 Å². The van der Waals surface area contributed by atoms with E-state index in [1.807, 2.05) is 0 Å². The van der Waals surface area contributed by atoms with Crippen LogP contribution in [0, 0.1) is 10.1 Å². The van der Waals surface area contributed by atoms with E-state index in [0.29, 0.717) is 32.2 Å². The molecule has 0 spiro atoms. The molecule has 21 heavy (non-hydrogen) atoms. The Bertz CT molecular complexity index is 444. The summed E-state index contributed by atoms with van der Waals surface area (Å²) in [6, 6.07) is 2.64. The van der Waals surface area contributed by atoms with Crippen LogP contribution in [0.1, 0.15) is 12.8 Å². The second-order valence-electron chi connectivity index (χ2n) is 4.24. The minimum absolute atomic E-state index is 0.0663. The molecule has 0 saturated carbocycles. The number of nitrogens with one attached hydrogen (secondary N) is 2. The SMILES string of the molecule is COCCOCCCCNc1cc([N+](=O)[O-])cc(NN)n1. The van der Waals surface area contributed by atoms with Crippen molar-refractivity contribution in [3.63, 3.8) is 0 Å². The van der Waals surface area contributed by atoms with Crippen LogP contribution in [0.3, 0.4) is 0 Å². The van der Waals surface area contributed by atoms with Gasteiger partial charge in [-0.15, -0.1) is 0 Å². The van der Waals surface area contributed by atoms with E-state index >= 15 is 0 Å². The summed E-state index contributed by atoms with van der Waals surface area (Å²) in [5, 5.41) is 13.8. The van der Waals surface area contributed by atoms with Crippen molar-refractivity contribution in [1.29, 1.82) is 0 Å². The third kappa shape index (κ3) is 6.84. The predicted molar refractivity (Wildman–Crippen MR) is 79.1 cm³/mol. The molecule has 4 N–H and O–H groups in total. The van der Waals surface area contributed by atoms with Crippen molar-refractivity contribution in [3.05, 3.63) is 22.2 Å². The first-order valence-electron chi connectivity index (χ1n) is 6.61. The fourth-order valence-electron chi connectivity index (χ4n) is 1.58. The van der Waals surface area contributed by atoms with Gasteiger partial charge in [0.05, 0.1) is 30.3 Å². The smallest absolute Gasteiger partial charge is 0.276 e. The first-order valence-corrected chi connectivity index (χ1v) is 6.61. The number of methoxy groups -OCH3 is 1. The normalized spacial score (nSPS) is 10.4. The van der Waals surface area contributed by atoms with E-state index in [9.17, 15) is 10.1 Å². The van der Waals surface area contributed by atoms with Crippen molar-refractivity contribution >= 4 is 17.3 Å². The van der Waals surface area contributed by atoms with Crippen LogP contribution in [0.25, 0.3) is 0 Å². The van der Waals surface area contributed by atoms with Gasteiger partial charge in [-0.05, 0) is 12.8 Å². The van der Waals surface area contributed by atoms with E-state index in [-0.39, 0.29) is 11.5 Å². The number of hydrogen-bond acceptors (Lipinski definition) is 8. The van der Waals surface area contributed by atoms with Gasteiger partial charge >= 0.3 is 0 Å². The Kier molecular flexibility index (Phi) is 8.02. The van der Waals surface area contributed by atoms with Gasteiger partial charge in [0.2, 0.25) is 0 Å². The molecular formula is C12H21N5O4. The monoisotopic (exact) mass is 299 g/mol. The number of pyridine rings is 1. The highest BCUT2D eigenvalue weighted by Crippen LogP contribution is 2.19. The highest BCUT2D eigenvalue weighted by atomic mass is 16.6. The quantitative estimate of drug-likeness (QED) is 0.240. The molecule has 1 rings (SSSR count). The lowest BCUT2D eigenvalue weighted by Gasteiger charge is -2.08. The number of hydrogen-bond donors (Lipinski definition) is 3. The molecule has 1 aromatic heterocycles. The van der Waals surface area contributed by atoms with Crippen molar-refractivity contribution < 1.29 is 14.4 Å². The minimum Gasteiger partial charge on any atom is -0.382 e. The van der Waals surface area contributed by atoms with Crippen LogP contribution in [-0.4, -0.2) is 43.4 Å². The Morgan fingerprint density at radius 3 is 2.71 bits per heavy atom. The first kappa shape index (κ1) is 17.1. The highest BCUT2D eigenvalue weighted by Gasteiger charge is 2.10. The molecule has 9 nitrogen and oxygen atoms in total. The molecule has 118 valence electrons. The second-order valence-corrected chi connectivity index (χ2v) is 4.24. The molecule has 0 bridgehead atoms. The van der Waals surface area contributed by atoms with Gasteiger partial charge in [0.25, 0.3) is 5.69 Å². The summed E-state index contributed by atoms with van der Waals surface area (Å²) in [6.45, 7) is 2.47. The number of nitrogens with two attached hydrogens (primary N) is 1. The number of ether oxygens (including phenoxy) is 2. The maximum atomic E-state index is 10.8. The van der Waals surface area contributed by atoms with Gasteiger partial charge in [-0.3, -0.25) is 10.1 Å². The zero-order valence-electron chi connectivity index (χ0n) is 12.0. The van der Waals surface area contributed by atoms with Crippen LogP contribution < -0.4 is 16.6 Å². The molecule has 0 fully saturated rings. The lowest BCUT2D eigenvalue weighted by atomic mass is 10.3. The summed E-state index contributed by atoms with van der Waals surface area (Å²) in [5.41, 5.74) is 2.24. The zero-order valence-corrected chi connectivity index (χ0v) is 12.0. The van der Waals surface area contributed by atoms with Gasteiger partial charge in [0.1, 0.15) is 11.6 Å². The van der Waals surface area contributed by atoms with Gasteiger partial charge in [-0.1, -0.05) is 0 Å². The molecule has 0 atom stereocenters. The molecule has 0 aromatic carbocycles. The number of rotatable bonds is 11. The van der Waals surface area contributed by atoms with Crippen LogP contribution in [0.2, 0.25) is 0 Å². The van der Waals surface area contributed by atoms with Gasteiger partial charge < -0.3 is 20.2 Å². The van der Waals surface area contributed by atoms with E-state index < -0.39 is 4.92 Å². The molecule has 0 aliphatic rings. The first-order chi connectivity index (χ1) is 10.2. The van der Waals surface area contributed by atoms with Crippen LogP contribution in [-0.2, 0) is 9.47 Å². The highest BCUT2D eigenvalue weighted by molar-refractivity contribution is 5.54. The average Bonchev–Trinajstić information content (AvgIpc) is 2.49.